The molecule has 0 aliphatic carbocycles. The average molecular weight is 374 g/mol. The Labute approximate surface area is 158 Å². The van der Waals surface area contributed by atoms with Gasteiger partial charge >= 0.3 is 0 Å². The number of rotatable bonds is 6. The summed E-state index contributed by atoms with van der Waals surface area (Å²) in [6, 6.07) is 11.5. The molecule has 6 heteroatoms. The number of ether oxygens (including phenoxy) is 1. The van der Waals surface area contributed by atoms with Crippen LogP contribution in [0.4, 0.5) is 14.5 Å². The minimum absolute atomic E-state index is 0.164. The van der Waals surface area contributed by atoms with E-state index < -0.39 is 17.7 Å². The van der Waals surface area contributed by atoms with Crippen LogP contribution in [0.2, 0.25) is 0 Å². The molecule has 3 rings (SSSR count). The van der Waals surface area contributed by atoms with Gasteiger partial charge in [-0.05, 0) is 56.0 Å². The summed E-state index contributed by atoms with van der Waals surface area (Å²) in [6.07, 6.45) is 0.294. The summed E-state index contributed by atoms with van der Waals surface area (Å²) >= 11 is 0. The summed E-state index contributed by atoms with van der Waals surface area (Å²) < 4.78 is 32.2. The van der Waals surface area contributed by atoms with Gasteiger partial charge in [-0.3, -0.25) is 4.79 Å². The molecule has 2 aromatic carbocycles. The standard InChI is InChI=1S/C21H24F2N2O2/c1-14-4-3-5-18(10-14)27-15(2)21(26)24-12-16-8-9-25(13-16)17-6-7-19(22)20(23)11-17/h3-7,10-11,15-16H,8-9,12-13H2,1-2H3,(H,24,26). The first-order chi connectivity index (χ1) is 12.9. The van der Waals surface area contributed by atoms with Crippen molar-refractivity contribution in [2.75, 3.05) is 24.5 Å². The fourth-order valence-electron chi connectivity index (χ4n) is 3.25. The molecular formula is C21H24F2N2O2. The van der Waals surface area contributed by atoms with Gasteiger partial charge in [-0.25, -0.2) is 8.78 Å². The van der Waals surface area contributed by atoms with Crippen molar-refractivity contribution in [1.82, 2.24) is 5.32 Å². The number of anilines is 1. The fraction of sp³-hybridized carbons (Fsp3) is 0.381. The Bertz CT molecular complexity index is 813. The van der Waals surface area contributed by atoms with E-state index in [9.17, 15) is 13.6 Å². The summed E-state index contributed by atoms with van der Waals surface area (Å²) in [5, 5.41) is 2.93. The zero-order valence-electron chi connectivity index (χ0n) is 15.5. The Morgan fingerprint density at radius 3 is 2.81 bits per heavy atom. The van der Waals surface area contributed by atoms with E-state index in [1.165, 1.54) is 6.07 Å². The van der Waals surface area contributed by atoms with Gasteiger partial charge in [-0.15, -0.1) is 0 Å². The van der Waals surface area contributed by atoms with E-state index in [0.717, 1.165) is 24.6 Å². The van der Waals surface area contributed by atoms with Crippen molar-refractivity contribution in [3.8, 4) is 5.75 Å². The number of hydrogen-bond donors (Lipinski definition) is 1. The van der Waals surface area contributed by atoms with Gasteiger partial charge in [0.25, 0.3) is 5.91 Å². The second-order valence-electron chi connectivity index (χ2n) is 7.02. The fourth-order valence-corrected chi connectivity index (χ4v) is 3.25. The van der Waals surface area contributed by atoms with Gasteiger partial charge in [0.15, 0.2) is 17.7 Å². The predicted molar refractivity (Wildman–Crippen MR) is 101 cm³/mol. The first kappa shape index (κ1) is 19.1. The number of carbonyl (C=O) groups excluding carboxylic acids is 1. The normalized spacial score (nSPS) is 17.6. The molecule has 2 atom stereocenters. The van der Waals surface area contributed by atoms with Crippen LogP contribution in [0, 0.1) is 24.5 Å². The molecule has 0 saturated carbocycles. The lowest BCUT2D eigenvalue weighted by Gasteiger charge is -2.20. The minimum atomic E-state index is -0.843. The van der Waals surface area contributed by atoms with E-state index in [2.05, 4.69) is 5.32 Å². The number of nitrogens with zero attached hydrogens (tertiary/aromatic N) is 1. The molecule has 0 spiro atoms. The molecule has 144 valence electrons. The Morgan fingerprint density at radius 1 is 1.26 bits per heavy atom. The molecule has 2 aromatic rings. The van der Waals surface area contributed by atoms with Crippen molar-refractivity contribution in [1.29, 1.82) is 0 Å². The second kappa shape index (κ2) is 8.37. The lowest BCUT2D eigenvalue weighted by molar-refractivity contribution is -0.127. The minimum Gasteiger partial charge on any atom is -0.481 e. The lowest BCUT2D eigenvalue weighted by atomic mass is 10.1. The van der Waals surface area contributed by atoms with E-state index in [1.54, 1.807) is 13.0 Å². The SMILES string of the molecule is Cc1cccc(OC(C)C(=O)NCC2CCN(c3ccc(F)c(F)c3)C2)c1. The number of hydrogen-bond acceptors (Lipinski definition) is 3. The predicted octanol–water partition coefficient (Wildman–Crippen LogP) is 3.68. The van der Waals surface area contributed by atoms with Crippen LogP contribution in [-0.4, -0.2) is 31.6 Å². The summed E-state index contributed by atoms with van der Waals surface area (Å²) in [5.74, 6) is -0.922. The third-order valence-electron chi connectivity index (χ3n) is 4.79. The number of nitrogens with one attached hydrogen (secondary N) is 1. The Balaban J connectivity index is 1.47. The zero-order chi connectivity index (χ0) is 19.4. The van der Waals surface area contributed by atoms with Gasteiger partial charge in [0.05, 0.1) is 0 Å². The Hall–Kier alpha value is -2.63. The van der Waals surface area contributed by atoms with Gasteiger partial charge in [0, 0.05) is 31.4 Å². The molecule has 1 saturated heterocycles. The maximum atomic E-state index is 13.4. The third kappa shape index (κ3) is 4.96. The smallest absolute Gasteiger partial charge is 0.260 e. The van der Waals surface area contributed by atoms with Crippen molar-refractivity contribution >= 4 is 11.6 Å². The molecule has 1 aliphatic rings. The van der Waals surface area contributed by atoms with E-state index in [4.69, 9.17) is 4.74 Å². The summed E-state index contributed by atoms with van der Waals surface area (Å²) in [5.41, 5.74) is 1.74. The highest BCUT2D eigenvalue weighted by Crippen LogP contribution is 2.25. The molecule has 27 heavy (non-hydrogen) atoms. The molecule has 1 heterocycles. The van der Waals surface area contributed by atoms with Gasteiger partial charge < -0.3 is 15.0 Å². The Kier molecular flexibility index (Phi) is 5.94. The summed E-state index contributed by atoms with van der Waals surface area (Å²) in [4.78, 5) is 14.3. The maximum Gasteiger partial charge on any atom is 0.260 e. The first-order valence-corrected chi connectivity index (χ1v) is 9.13. The molecule has 1 aliphatic heterocycles. The Morgan fingerprint density at radius 2 is 2.07 bits per heavy atom. The topological polar surface area (TPSA) is 41.6 Å². The van der Waals surface area contributed by atoms with E-state index in [0.29, 0.717) is 24.5 Å². The first-order valence-electron chi connectivity index (χ1n) is 9.13. The second-order valence-corrected chi connectivity index (χ2v) is 7.02. The monoisotopic (exact) mass is 374 g/mol. The quantitative estimate of drug-likeness (QED) is 0.839. The number of halogens is 2. The molecule has 0 aromatic heterocycles. The number of aryl methyl sites for hydroxylation is 1. The maximum absolute atomic E-state index is 13.4. The van der Waals surface area contributed by atoms with Crippen LogP contribution in [0.25, 0.3) is 0 Å². The highest BCUT2D eigenvalue weighted by molar-refractivity contribution is 5.80. The summed E-state index contributed by atoms with van der Waals surface area (Å²) in [6.45, 7) is 5.66. The molecule has 1 N–H and O–H groups in total. The molecule has 0 bridgehead atoms. The third-order valence-corrected chi connectivity index (χ3v) is 4.79. The highest BCUT2D eigenvalue weighted by Gasteiger charge is 2.25. The van der Waals surface area contributed by atoms with Crippen LogP contribution in [0.15, 0.2) is 42.5 Å². The van der Waals surface area contributed by atoms with Crippen LogP contribution in [0.5, 0.6) is 5.75 Å². The van der Waals surface area contributed by atoms with Crippen molar-refractivity contribution < 1.29 is 18.3 Å². The zero-order valence-corrected chi connectivity index (χ0v) is 15.5. The van der Waals surface area contributed by atoms with Crippen molar-refractivity contribution in [2.24, 2.45) is 5.92 Å². The van der Waals surface area contributed by atoms with Crippen LogP contribution in [0.1, 0.15) is 18.9 Å². The van der Waals surface area contributed by atoms with Gasteiger partial charge in [0.2, 0.25) is 0 Å². The van der Waals surface area contributed by atoms with Gasteiger partial charge in [-0.2, -0.15) is 0 Å². The van der Waals surface area contributed by atoms with Crippen LogP contribution in [0.3, 0.4) is 0 Å². The average Bonchev–Trinajstić information content (AvgIpc) is 3.11. The van der Waals surface area contributed by atoms with E-state index in [-0.39, 0.29) is 11.8 Å². The number of benzene rings is 2. The van der Waals surface area contributed by atoms with Crippen molar-refractivity contribution in [3.05, 3.63) is 59.7 Å². The van der Waals surface area contributed by atoms with Crippen molar-refractivity contribution in [2.45, 2.75) is 26.4 Å². The largest absolute Gasteiger partial charge is 0.481 e. The van der Waals surface area contributed by atoms with Crippen LogP contribution < -0.4 is 15.0 Å². The van der Waals surface area contributed by atoms with Crippen LogP contribution >= 0.6 is 0 Å². The van der Waals surface area contributed by atoms with E-state index >= 15 is 0 Å². The van der Waals surface area contributed by atoms with Crippen LogP contribution in [-0.2, 0) is 4.79 Å². The highest BCUT2D eigenvalue weighted by atomic mass is 19.2. The lowest BCUT2D eigenvalue weighted by Crippen LogP contribution is -2.39. The number of amides is 1. The number of carbonyl (C=O) groups is 1. The molecule has 1 amide bonds. The molecule has 2 unspecified atom stereocenters. The van der Waals surface area contributed by atoms with Gasteiger partial charge in [-0.1, -0.05) is 12.1 Å². The molecule has 4 nitrogen and oxygen atoms in total. The van der Waals surface area contributed by atoms with E-state index in [1.807, 2.05) is 36.1 Å². The molecular weight excluding hydrogens is 350 g/mol. The summed E-state index contributed by atoms with van der Waals surface area (Å²) in [7, 11) is 0. The molecule has 1 fully saturated rings. The molecule has 0 radical (unpaired) electrons. The van der Waals surface area contributed by atoms with Gasteiger partial charge in [0.1, 0.15) is 5.75 Å². The van der Waals surface area contributed by atoms with Crippen molar-refractivity contribution in [3.63, 3.8) is 0 Å².